The summed E-state index contributed by atoms with van der Waals surface area (Å²) in [4.78, 5) is 28.8. The lowest BCUT2D eigenvalue weighted by Crippen LogP contribution is -2.50. The van der Waals surface area contributed by atoms with Crippen molar-refractivity contribution in [3.05, 3.63) is 78.4 Å². The summed E-state index contributed by atoms with van der Waals surface area (Å²) in [6.07, 6.45) is 3.10. The predicted molar refractivity (Wildman–Crippen MR) is 115 cm³/mol. The van der Waals surface area contributed by atoms with E-state index in [4.69, 9.17) is 8.83 Å². The van der Waals surface area contributed by atoms with Crippen LogP contribution in [0.1, 0.15) is 17.6 Å². The maximum absolute atomic E-state index is 13.2. The van der Waals surface area contributed by atoms with Crippen molar-refractivity contribution in [1.29, 1.82) is 0 Å². The molecule has 0 spiro atoms. The molecule has 1 atom stereocenters. The van der Waals surface area contributed by atoms with Crippen molar-refractivity contribution in [1.82, 2.24) is 15.5 Å². The second-order valence-corrected chi connectivity index (χ2v) is 7.50. The van der Waals surface area contributed by atoms with Crippen molar-refractivity contribution >= 4 is 17.5 Å². The minimum Gasteiger partial charge on any atom is -0.468 e. The van der Waals surface area contributed by atoms with Gasteiger partial charge in [-0.15, -0.1) is 0 Å². The molecule has 3 heterocycles. The highest BCUT2D eigenvalue weighted by Crippen LogP contribution is 2.24. The first-order valence-corrected chi connectivity index (χ1v) is 10.5. The summed E-state index contributed by atoms with van der Waals surface area (Å²) in [6.45, 7) is 3.33. The van der Waals surface area contributed by atoms with Gasteiger partial charge in [-0.05, 0) is 48.5 Å². The minimum absolute atomic E-state index is 0.145. The van der Waals surface area contributed by atoms with E-state index in [-0.39, 0.29) is 24.9 Å². The van der Waals surface area contributed by atoms with Crippen molar-refractivity contribution in [3.63, 3.8) is 0 Å². The molecule has 32 heavy (non-hydrogen) atoms. The number of anilines is 1. The Morgan fingerprint density at radius 2 is 1.59 bits per heavy atom. The Hall–Kier alpha value is -3.59. The third kappa shape index (κ3) is 5.36. The van der Waals surface area contributed by atoms with Gasteiger partial charge in [0.15, 0.2) is 0 Å². The summed E-state index contributed by atoms with van der Waals surface area (Å²) < 4.78 is 24.0. The number of halogens is 1. The number of hydrogen-bond donors (Lipinski definition) is 2. The quantitative estimate of drug-likeness (QED) is 0.548. The van der Waals surface area contributed by atoms with E-state index in [1.807, 2.05) is 6.07 Å². The molecule has 9 heteroatoms. The Labute approximate surface area is 185 Å². The highest BCUT2D eigenvalue weighted by molar-refractivity contribution is 6.35. The van der Waals surface area contributed by atoms with Crippen molar-refractivity contribution < 1.29 is 22.8 Å². The molecular weight excluding hydrogens is 415 g/mol. The molecule has 0 bridgehead atoms. The second kappa shape index (κ2) is 10.1. The molecule has 0 unspecified atom stereocenters. The van der Waals surface area contributed by atoms with Crippen molar-refractivity contribution in [2.45, 2.75) is 12.6 Å². The van der Waals surface area contributed by atoms with E-state index in [0.717, 1.165) is 37.6 Å². The molecule has 168 valence electrons. The molecule has 4 rings (SSSR count). The summed E-state index contributed by atoms with van der Waals surface area (Å²) in [7, 11) is 0. The van der Waals surface area contributed by atoms with Crippen LogP contribution in [0, 0.1) is 5.82 Å². The molecule has 8 nitrogen and oxygen atoms in total. The van der Waals surface area contributed by atoms with Crippen LogP contribution < -0.4 is 15.5 Å². The van der Waals surface area contributed by atoms with Gasteiger partial charge in [0.2, 0.25) is 0 Å². The summed E-state index contributed by atoms with van der Waals surface area (Å²) >= 11 is 0. The van der Waals surface area contributed by atoms with Gasteiger partial charge >= 0.3 is 11.8 Å². The monoisotopic (exact) mass is 440 g/mol. The van der Waals surface area contributed by atoms with Crippen LogP contribution in [0.5, 0.6) is 0 Å². The molecule has 1 aromatic carbocycles. The first-order valence-electron chi connectivity index (χ1n) is 10.5. The lowest BCUT2D eigenvalue weighted by molar-refractivity contribution is -0.139. The highest BCUT2D eigenvalue weighted by atomic mass is 19.1. The predicted octanol–water partition coefficient (Wildman–Crippen LogP) is 2.31. The molecule has 0 aliphatic carbocycles. The molecule has 0 saturated carbocycles. The Balaban J connectivity index is 1.32. The molecule has 2 N–H and O–H groups in total. The van der Waals surface area contributed by atoms with Crippen molar-refractivity contribution in [2.24, 2.45) is 0 Å². The smallest absolute Gasteiger partial charge is 0.309 e. The number of benzene rings is 1. The maximum atomic E-state index is 13.2. The van der Waals surface area contributed by atoms with Gasteiger partial charge in [-0.25, -0.2) is 4.39 Å². The van der Waals surface area contributed by atoms with Gasteiger partial charge in [0.1, 0.15) is 17.3 Å². The standard InChI is InChI=1S/C23H25FN4O4/c24-17-5-7-18(8-6-17)27-9-11-28(12-10-27)20(21-4-2-14-32-21)16-26-23(30)22(29)25-15-19-3-1-13-31-19/h1-8,13-14,20H,9-12,15-16H2,(H,25,29)(H,26,30)/t20-/m1/s1. The van der Waals surface area contributed by atoms with E-state index in [9.17, 15) is 14.0 Å². The first-order chi connectivity index (χ1) is 15.6. The first kappa shape index (κ1) is 21.6. The molecule has 2 aromatic heterocycles. The van der Waals surface area contributed by atoms with Crippen molar-refractivity contribution in [3.8, 4) is 0 Å². The average molecular weight is 440 g/mol. The van der Waals surface area contributed by atoms with Crippen LogP contribution in [0.25, 0.3) is 0 Å². The molecule has 1 aliphatic heterocycles. The molecule has 0 radical (unpaired) electrons. The molecule has 3 aromatic rings. The lowest BCUT2D eigenvalue weighted by Gasteiger charge is -2.39. The zero-order chi connectivity index (χ0) is 22.3. The van der Waals surface area contributed by atoms with Gasteiger partial charge in [-0.3, -0.25) is 14.5 Å². The fourth-order valence-electron chi connectivity index (χ4n) is 3.76. The van der Waals surface area contributed by atoms with E-state index >= 15 is 0 Å². The summed E-state index contributed by atoms with van der Waals surface area (Å²) in [5, 5.41) is 5.24. The van der Waals surface area contributed by atoms with E-state index in [1.54, 1.807) is 36.6 Å². The van der Waals surface area contributed by atoms with E-state index in [2.05, 4.69) is 20.4 Å². The Kier molecular flexibility index (Phi) is 6.86. The zero-order valence-electron chi connectivity index (χ0n) is 17.5. The van der Waals surface area contributed by atoms with Crippen LogP contribution in [0.15, 0.2) is 69.9 Å². The molecular formula is C23H25FN4O4. The van der Waals surface area contributed by atoms with Gasteiger partial charge in [0.05, 0.1) is 25.1 Å². The fourth-order valence-corrected chi connectivity index (χ4v) is 3.76. The second-order valence-electron chi connectivity index (χ2n) is 7.50. The molecule has 1 aliphatic rings. The normalized spacial score (nSPS) is 15.3. The summed E-state index contributed by atoms with van der Waals surface area (Å²) in [5.74, 6) is -0.400. The van der Waals surface area contributed by atoms with Gasteiger partial charge in [-0.1, -0.05) is 0 Å². The van der Waals surface area contributed by atoms with Crippen LogP contribution >= 0.6 is 0 Å². The SMILES string of the molecule is O=C(NCc1ccco1)C(=O)NC[C@H](c1ccco1)N1CCN(c2ccc(F)cc2)CC1. The number of carbonyl (C=O) groups excluding carboxylic acids is 2. The molecule has 1 fully saturated rings. The number of furan rings is 2. The molecule has 2 amide bonds. The number of nitrogens with zero attached hydrogens (tertiary/aromatic N) is 2. The number of hydrogen-bond acceptors (Lipinski definition) is 6. The fraction of sp³-hybridized carbons (Fsp3) is 0.304. The van der Waals surface area contributed by atoms with E-state index < -0.39 is 11.8 Å². The van der Waals surface area contributed by atoms with Gasteiger partial charge in [-0.2, -0.15) is 0 Å². The number of nitrogens with one attached hydrogen (secondary N) is 2. The number of piperazine rings is 1. The van der Waals surface area contributed by atoms with Crippen LogP contribution in [0.4, 0.5) is 10.1 Å². The van der Waals surface area contributed by atoms with Gasteiger partial charge < -0.3 is 24.4 Å². The Morgan fingerprint density at radius 3 is 2.25 bits per heavy atom. The number of rotatable bonds is 7. The van der Waals surface area contributed by atoms with Crippen LogP contribution in [-0.4, -0.2) is 49.4 Å². The lowest BCUT2D eigenvalue weighted by atomic mass is 10.1. The average Bonchev–Trinajstić information content (AvgIpc) is 3.53. The minimum atomic E-state index is -0.722. The largest absolute Gasteiger partial charge is 0.468 e. The van der Waals surface area contributed by atoms with Gasteiger partial charge in [0, 0.05) is 38.4 Å². The van der Waals surface area contributed by atoms with Crippen LogP contribution in [-0.2, 0) is 16.1 Å². The Bertz CT molecular complexity index is 997. The van der Waals surface area contributed by atoms with Crippen molar-refractivity contribution in [2.75, 3.05) is 37.6 Å². The Morgan fingerprint density at radius 1 is 0.906 bits per heavy atom. The summed E-state index contributed by atoms with van der Waals surface area (Å²) in [6, 6.07) is 13.4. The van der Waals surface area contributed by atoms with Crippen LogP contribution in [0.3, 0.4) is 0 Å². The third-order valence-electron chi connectivity index (χ3n) is 5.48. The van der Waals surface area contributed by atoms with E-state index in [0.29, 0.717) is 5.76 Å². The third-order valence-corrected chi connectivity index (χ3v) is 5.48. The number of amides is 2. The molecule has 1 saturated heterocycles. The van der Waals surface area contributed by atoms with Gasteiger partial charge in [0.25, 0.3) is 0 Å². The highest BCUT2D eigenvalue weighted by Gasteiger charge is 2.28. The summed E-state index contributed by atoms with van der Waals surface area (Å²) in [5.41, 5.74) is 0.974. The van der Waals surface area contributed by atoms with Crippen LogP contribution in [0.2, 0.25) is 0 Å². The topological polar surface area (TPSA) is 91.0 Å². The maximum Gasteiger partial charge on any atom is 0.309 e. The number of carbonyl (C=O) groups is 2. The zero-order valence-corrected chi connectivity index (χ0v) is 17.5. The van der Waals surface area contributed by atoms with E-state index in [1.165, 1.54) is 18.4 Å².